The number of halogens is 1. The van der Waals surface area contributed by atoms with Crippen LogP contribution in [-0.2, 0) is 9.31 Å². The second kappa shape index (κ2) is 6.50. The molecule has 3 aliphatic rings. The van der Waals surface area contributed by atoms with Gasteiger partial charge in [0.25, 0.3) is 0 Å². The Hall–Kier alpha value is -1.11. The summed E-state index contributed by atoms with van der Waals surface area (Å²) in [6.45, 7) is 13.3. The summed E-state index contributed by atoms with van der Waals surface area (Å²) in [4.78, 5) is 4.81. The molecule has 3 fully saturated rings. The van der Waals surface area contributed by atoms with Crippen molar-refractivity contribution in [2.45, 2.75) is 51.5 Å². The van der Waals surface area contributed by atoms with Crippen molar-refractivity contribution >= 4 is 18.3 Å². The molecule has 2 heterocycles. The van der Waals surface area contributed by atoms with Crippen LogP contribution in [-0.4, -0.2) is 62.1 Å². The van der Waals surface area contributed by atoms with Crippen molar-refractivity contribution in [1.29, 1.82) is 0 Å². The van der Waals surface area contributed by atoms with Crippen LogP contribution in [0, 0.1) is 5.92 Å². The molecule has 142 valence electrons. The molecule has 0 aromatic heterocycles. The van der Waals surface area contributed by atoms with Crippen LogP contribution in [0.1, 0.15) is 34.1 Å². The van der Waals surface area contributed by atoms with E-state index in [0.29, 0.717) is 5.92 Å². The van der Waals surface area contributed by atoms with Crippen LogP contribution in [0.2, 0.25) is 0 Å². The summed E-state index contributed by atoms with van der Waals surface area (Å²) in [7, 11) is -0.307. The van der Waals surface area contributed by atoms with Gasteiger partial charge >= 0.3 is 7.12 Å². The maximum atomic E-state index is 13.1. The van der Waals surface area contributed by atoms with Crippen LogP contribution in [0.3, 0.4) is 0 Å². The van der Waals surface area contributed by atoms with Gasteiger partial charge in [0.2, 0.25) is 0 Å². The van der Waals surface area contributed by atoms with Crippen molar-refractivity contribution < 1.29 is 13.7 Å². The molecule has 1 saturated carbocycles. The zero-order valence-electron chi connectivity index (χ0n) is 16.4. The van der Waals surface area contributed by atoms with Crippen LogP contribution in [0.4, 0.5) is 10.1 Å². The van der Waals surface area contributed by atoms with E-state index in [2.05, 4.69) is 61.8 Å². The Morgan fingerprint density at radius 1 is 1.00 bits per heavy atom. The third-order valence-electron chi connectivity index (χ3n) is 6.48. The highest BCUT2D eigenvalue weighted by Crippen LogP contribution is 2.37. The summed E-state index contributed by atoms with van der Waals surface area (Å²) < 4.78 is 25.3. The first-order valence-corrected chi connectivity index (χ1v) is 9.82. The van der Waals surface area contributed by atoms with Crippen molar-refractivity contribution in [2.75, 3.05) is 37.6 Å². The summed E-state index contributed by atoms with van der Waals surface area (Å²) >= 11 is 0. The van der Waals surface area contributed by atoms with E-state index in [1.54, 1.807) is 0 Å². The Kier molecular flexibility index (Phi) is 4.57. The van der Waals surface area contributed by atoms with Crippen LogP contribution in [0.15, 0.2) is 24.3 Å². The number of hydrogen-bond acceptors (Lipinski definition) is 4. The maximum Gasteiger partial charge on any atom is 0.494 e. The predicted octanol–water partition coefficient (Wildman–Crippen LogP) is 2.47. The van der Waals surface area contributed by atoms with Crippen LogP contribution in [0.5, 0.6) is 0 Å². The molecule has 0 radical (unpaired) electrons. The maximum absolute atomic E-state index is 13.1. The lowest BCUT2D eigenvalue weighted by molar-refractivity contribution is 0.00578. The molecular weight excluding hydrogens is 330 g/mol. The Morgan fingerprint density at radius 2 is 1.54 bits per heavy atom. The van der Waals surface area contributed by atoms with Crippen molar-refractivity contribution in [3.8, 4) is 0 Å². The summed E-state index contributed by atoms with van der Waals surface area (Å²) in [5, 5.41) is 0. The highest BCUT2D eigenvalue weighted by Gasteiger charge is 2.51. The molecule has 0 bridgehead atoms. The molecule has 2 aliphatic heterocycles. The van der Waals surface area contributed by atoms with Gasteiger partial charge < -0.3 is 14.2 Å². The zero-order chi connectivity index (χ0) is 18.5. The van der Waals surface area contributed by atoms with Gasteiger partial charge in [0.1, 0.15) is 6.17 Å². The quantitative estimate of drug-likeness (QED) is 0.771. The van der Waals surface area contributed by atoms with E-state index in [4.69, 9.17) is 9.31 Å². The van der Waals surface area contributed by atoms with Crippen LogP contribution < -0.4 is 10.4 Å². The molecule has 1 aromatic carbocycles. The highest BCUT2D eigenvalue weighted by molar-refractivity contribution is 6.62. The summed E-state index contributed by atoms with van der Waals surface area (Å²) in [5.74, 6) is 0.292. The Balaban J connectivity index is 1.34. The minimum absolute atomic E-state index is 0.292. The minimum Gasteiger partial charge on any atom is -0.399 e. The van der Waals surface area contributed by atoms with E-state index < -0.39 is 6.17 Å². The number of alkyl halides is 1. The fourth-order valence-corrected chi connectivity index (χ4v) is 3.74. The summed E-state index contributed by atoms with van der Waals surface area (Å²) in [6.07, 6.45) is 0.219. The number of hydrogen-bond donors (Lipinski definition) is 0. The van der Waals surface area contributed by atoms with Gasteiger partial charge in [0, 0.05) is 44.3 Å². The molecule has 0 spiro atoms. The molecular formula is C20H30BFN2O2. The van der Waals surface area contributed by atoms with E-state index in [0.717, 1.165) is 44.6 Å². The average molecular weight is 360 g/mol. The number of rotatable bonds is 4. The molecule has 2 saturated heterocycles. The van der Waals surface area contributed by atoms with Gasteiger partial charge in [-0.2, -0.15) is 0 Å². The van der Waals surface area contributed by atoms with Gasteiger partial charge in [-0.25, -0.2) is 4.39 Å². The smallest absolute Gasteiger partial charge is 0.399 e. The second-order valence-electron chi connectivity index (χ2n) is 8.98. The van der Waals surface area contributed by atoms with E-state index in [9.17, 15) is 4.39 Å². The van der Waals surface area contributed by atoms with E-state index in [1.165, 1.54) is 5.69 Å². The van der Waals surface area contributed by atoms with Gasteiger partial charge in [0.05, 0.1) is 11.2 Å². The molecule has 6 heteroatoms. The molecule has 0 amide bonds. The van der Waals surface area contributed by atoms with Crippen LogP contribution in [0.25, 0.3) is 0 Å². The lowest BCUT2D eigenvalue weighted by Crippen LogP contribution is -2.47. The van der Waals surface area contributed by atoms with Gasteiger partial charge in [-0.15, -0.1) is 0 Å². The Morgan fingerprint density at radius 3 is 2.04 bits per heavy atom. The monoisotopic (exact) mass is 360 g/mol. The Bertz CT molecular complexity index is 628. The molecule has 4 rings (SSSR count). The number of anilines is 1. The molecule has 1 aliphatic carbocycles. The topological polar surface area (TPSA) is 24.9 Å². The van der Waals surface area contributed by atoms with E-state index >= 15 is 0 Å². The lowest BCUT2D eigenvalue weighted by atomic mass is 9.79. The van der Waals surface area contributed by atoms with E-state index in [1.807, 2.05) is 0 Å². The standard InChI is InChI=1S/C20H30BFN2O2/c1-19(2)20(3,4)26-21(25-19)16-5-7-17(8-6-16)24-11-9-23(10-12-24)14-15-13-18(15)22/h5-8,15,18H,9-14H2,1-4H3. The predicted molar refractivity (Wildman–Crippen MR) is 104 cm³/mol. The van der Waals surface area contributed by atoms with Crippen LogP contribution >= 0.6 is 0 Å². The summed E-state index contributed by atoms with van der Waals surface area (Å²) in [5.41, 5.74) is 1.67. The zero-order valence-corrected chi connectivity index (χ0v) is 16.4. The van der Waals surface area contributed by atoms with Crippen molar-refractivity contribution in [3.63, 3.8) is 0 Å². The molecule has 0 N–H and O–H groups in total. The first kappa shape index (κ1) is 18.3. The van der Waals surface area contributed by atoms with Gasteiger partial charge in [-0.1, -0.05) is 12.1 Å². The van der Waals surface area contributed by atoms with Gasteiger partial charge in [-0.05, 0) is 51.7 Å². The number of benzene rings is 1. The largest absolute Gasteiger partial charge is 0.494 e. The fraction of sp³-hybridized carbons (Fsp3) is 0.700. The SMILES string of the molecule is CC1(C)OB(c2ccc(N3CCN(CC4CC4F)CC3)cc2)OC1(C)C. The number of nitrogens with zero attached hydrogens (tertiary/aromatic N) is 2. The Labute approximate surface area is 156 Å². The molecule has 2 atom stereocenters. The number of piperazine rings is 1. The lowest BCUT2D eigenvalue weighted by Gasteiger charge is -2.36. The third kappa shape index (κ3) is 3.51. The van der Waals surface area contributed by atoms with E-state index in [-0.39, 0.29) is 18.3 Å². The minimum atomic E-state index is -0.546. The first-order valence-electron chi connectivity index (χ1n) is 9.82. The van der Waals surface area contributed by atoms with Crippen molar-refractivity contribution in [2.24, 2.45) is 5.92 Å². The van der Waals surface area contributed by atoms with Gasteiger partial charge in [-0.3, -0.25) is 4.90 Å². The fourth-order valence-electron chi connectivity index (χ4n) is 3.74. The summed E-state index contributed by atoms with van der Waals surface area (Å²) in [6, 6.07) is 8.55. The third-order valence-corrected chi connectivity index (χ3v) is 6.48. The second-order valence-corrected chi connectivity index (χ2v) is 8.98. The first-order chi connectivity index (χ1) is 12.2. The normalized spacial score (nSPS) is 30.7. The molecule has 1 aromatic rings. The van der Waals surface area contributed by atoms with Crippen molar-refractivity contribution in [3.05, 3.63) is 24.3 Å². The molecule has 26 heavy (non-hydrogen) atoms. The van der Waals surface area contributed by atoms with Crippen molar-refractivity contribution in [1.82, 2.24) is 4.90 Å². The molecule has 4 nitrogen and oxygen atoms in total. The average Bonchev–Trinajstić information content (AvgIpc) is 3.23. The molecule has 2 unspecified atom stereocenters. The highest BCUT2D eigenvalue weighted by atomic mass is 19.1. The van der Waals surface area contributed by atoms with Gasteiger partial charge in [0.15, 0.2) is 0 Å².